The Labute approximate surface area is 133 Å². The normalized spacial score (nSPS) is 18.9. The van der Waals surface area contributed by atoms with Crippen LogP contribution in [0.25, 0.3) is 0 Å². The number of thiophene rings is 1. The van der Waals surface area contributed by atoms with E-state index in [1.54, 1.807) is 28.0 Å². The van der Waals surface area contributed by atoms with Crippen LogP contribution in [0, 0.1) is 0 Å². The van der Waals surface area contributed by atoms with E-state index in [1.165, 1.54) is 0 Å². The van der Waals surface area contributed by atoms with Gasteiger partial charge in [0, 0.05) is 16.2 Å². The third-order valence-corrected chi connectivity index (χ3v) is 5.20. The SMILES string of the molecule is CC/C=C(\C)C(=O)N1CSCC1C(=O)NCc1cccs1. The summed E-state index contributed by atoms with van der Waals surface area (Å²) in [5.74, 6) is 1.16. The van der Waals surface area contributed by atoms with Gasteiger partial charge in [-0.25, -0.2) is 0 Å². The van der Waals surface area contributed by atoms with Crippen molar-refractivity contribution in [3.8, 4) is 0 Å². The number of carbonyl (C=O) groups excluding carboxylic acids is 2. The monoisotopic (exact) mass is 324 g/mol. The van der Waals surface area contributed by atoms with Gasteiger partial charge in [-0.1, -0.05) is 19.1 Å². The van der Waals surface area contributed by atoms with Crippen molar-refractivity contribution in [1.82, 2.24) is 10.2 Å². The van der Waals surface area contributed by atoms with E-state index in [-0.39, 0.29) is 17.9 Å². The lowest BCUT2D eigenvalue weighted by atomic mass is 10.2. The zero-order valence-electron chi connectivity index (χ0n) is 12.3. The molecule has 114 valence electrons. The van der Waals surface area contributed by atoms with Gasteiger partial charge >= 0.3 is 0 Å². The van der Waals surface area contributed by atoms with Crippen molar-refractivity contribution >= 4 is 34.9 Å². The minimum absolute atomic E-state index is 0.0295. The van der Waals surface area contributed by atoms with Crippen LogP contribution < -0.4 is 5.32 Å². The van der Waals surface area contributed by atoms with Crippen molar-refractivity contribution in [3.05, 3.63) is 34.0 Å². The third-order valence-electron chi connectivity index (χ3n) is 3.31. The molecular formula is C15H20N2O2S2. The molecule has 2 amide bonds. The van der Waals surface area contributed by atoms with Gasteiger partial charge in [0.1, 0.15) is 6.04 Å². The Kier molecular flexibility index (Phi) is 5.87. The molecule has 1 atom stereocenters. The molecule has 1 saturated heterocycles. The second kappa shape index (κ2) is 7.66. The molecule has 0 spiro atoms. The average molecular weight is 324 g/mol. The Morgan fingerprint density at radius 2 is 2.33 bits per heavy atom. The topological polar surface area (TPSA) is 49.4 Å². The predicted octanol–water partition coefficient (Wildman–Crippen LogP) is 2.62. The first-order chi connectivity index (χ1) is 10.1. The summed E-state index contributed by atoms with van der Waals surface area (Å²) in [6.45, 7) is 4.35. The Balaban J connectivity index is 1.96. The first-order valence-electron chi connectivity index (χ1n) is 6.99. The van der Waals surface area contributed by atoms with E-state index >= 15 is 0 Å². The molecule has 1 aliphatic heterocycles. The molecule has 1 unspecified atom stereocenters. The molecule has 0 aliphatic carbocycles. The van der Waals surface area contributed by atoms with Crippen molar-refractivity contribution in [2.45, 2.75) is 32.9 Å². The summed E-state index contributed by atoms with van der Waals surface area (Å²) >= 11 is 3.24. The number of carbonyl (C=O) groups is 2. The standard InChI is InChI=1S/C15H20N2O2S2/c1-3-5-11(2)15(19)17-10-20-9-13(17)14(18)16-8-12-6-4-7-21-12/h4-7,13H,3,8-10H2,1-2H3,(H,16,18)/b11-5+. The Bertz CT molecular complexity index is 526. The van der Waals surface area contributed by atoms with Crippen LogP contribution in [0.15, 0.2) is 29.2 Å². The van der Waals surface area contributed by atoms with Crippen LogP contribution in [0.4, 0.5) is 0 Å². The van der Waals surface area contributed by atoms with Gasteiger partial charge in [-0.15, -0.1) is 23.1 Å². The number of thioether (sulfide) groups is 1. The summed E-state index contributed by atoms with van der Waals surface area (Å²) in [5, 5.41) is 4.92. The van der Waals surface area contributed by atoms with E-state index in [0.717, 1.165) is 16.9 Å². The number of hydrogen-bond donors (Lipinski definition) is 1. The van der Waals surface area contributed by atoms with Gasteiger partial charge in [-0.2, -0.15) is 0 Å². The summed E-state index contributed by atoms with van der Waals surface area (Å²) in [7, 11) is 0. The second-order valence-corrected chi connectivity index (χ2v) is 6.92. The highest BCUT2D eigenvalue weighted by Gasteiger charge is 2.34. The summed E-state index contributed by atoms with van der Waals surface area (Å²) in [6.07, 6.45) is 2.74. The lowest BCUT2D eigenvalue weighted by Gasteiger charge is -2.23. The smallest absolute Gasteiger partial charge is 0.250 e. The number of hydrogen-bond acceptors (Lipinski definition) is 4. The van der Waals surface area contributed by atoms with E-state index in [0.29, 0.717) is 18.2 Å². The molecule has 1 aromatic heterocycles. The van der Waals surface area contributed by atoms with Crippen molar-refractivity contribution < 1.29 is 9.59 Å². The van der Waals surface area contributed by atoms with Gasteiger partial charge in [0.25, 0.3) is 5.91 Å². The summed E-state index contributed by atoms with van der Waals surface area (Å²) in [6, 6.07) is 3.60. The van der Waals surface area contributed by atoms with E-state index in [2.05, 4.69) is 5.32 Å². The summed E-state index contributed by atoms with van der Waals surface area (Å²) in [5.41, 5.74) is 0.719. The minimum atomic E-state index is -0.359. The van der Waals surface area contributed by atoms with Gasteiger partial charge in [-0.05, 0) is 24.8 Å². The van der Waals surface area contributed by atoms with Gasteiger partial charge in [-0.3, -0.25) is 9.59 Å². The molecule has 1 aromatic rings. The molecule has 0 aromatic carbocycles. The lowest BCUT2D eigenvalue weighted by molar-refractivity contribution is -0.135. The molecule has 0 bridgehead atoms. The fourth-order valence-corrected chi connectivity index (χ4v) is 3.98. The Morgan fingerprint density at radius 1 is 1.52 bits per heavy atom. The third kappa shape index (κ3) is 4.11. The molecule has 0 saturated carbocycles. The van der Waals surface area contributed by atoms with E-state index < -0.39 is 0 Å². The molecule has 0 radical (unpaired) electrons. The second-order valence-electron chi connectivity index (χ2n) is 4.88. The van der Waals surface area contributed by atoms with Crippen molar-refractivity contribution in [1.29, 1.82) is 0 Å². The molecule has 2 heterocycles. The molecule has 6 heteroatoms. The van der Waals surface area contributed by atoms with E-state index in [9.17, 15) is 9.59 Å². The molecule has 21 heavy (non-hydrogen) atoms. The van der Waals surface area contributed by atoms with Crippen LogP contribution in [0.3, 0.4) is 0 Å². The molecule has 1 N–H and O–H groups in total. The minimum Gasteiger partial charge on any atom is -0.349 e. The van der Waals surface area contributed by atoms with Crippen LogP contribution in [0.1, 0.15) is 25.1 Å². The predicted molar refractivity (Wildman–Crippen MR) is 88.2 cm³/mol. The average Bonchev–Trinajstić information content (AvgIpc) is 3.15. The largest absolute Gasteiger partial charge is 0.349 e. The molecule has 1 aliphatic rings. The highest BCUT2D eigenvalue weighted by atomic mass is 32.2. The molecule has 4 nitrogen and oxygen atoms in total. The van der Waals surface area contributed by atoms with Gasteiger partial charge in [0.05, 0.1) is 12.4 Å². The van der Waals surface area contributed by atoms with Crippen molar-refractivity contribution in [2.24, 2.45) is 0 Å². The molecular weight excluding hydrogens is 304 g/mol. The Morgan fingerprint density at radius 3 is 3.00 bits per heavy atom. The van der Waals surface area contributed by atoms with Crippen LogP contribution >= 0.6 is 23.1 Å². The number of allylic oxidation sites excluding steroid dienone is 1. The van der Waals surface area contributed by atoms with Gasteiger partial charge < -0.3 is 10.2 Å². The fraction of sp³-hybridized carbons (Fsp3) is 0.467. The maximum atomic E-state index is 12.3. The number of nitrogens with zero attached hydrogens (tertiary/aromatic N) is 1. The van der Waals surface area contributed by atoms with Gasteiger partial charge in [0.2, 0.25) is 5.91 Å². The van der Waals surface area contributed by atoms with Crippen LogP contribution in [-0.4, -0.2) is 34.4 Å². The zero-order valence-corrected chi connectivity index (χ0v) is 13.9. The maximum absolute atomic E-state index is 12.3. The maximum Gasteiger partial charge on any atom is 0.250 e. The molecule has 1 fully saturated rings. The van der Waals surface area contributed by atoms with Crippen molar-refractivity contribution in [3.63, 3.8) is 0 Å². The lowest BCUT2D eigenvalue weighted by Crippen LogP contribution is -2.47. The van der Waals surface area contributed by atoms with Crippen LogP contribution in [0.2, 0.25) is 0 Å². The Hall–Kier alpha value is -1.27. The number of amides is 2. The van der Waals surface area contributed by atoms with E-state index in [1.807, 2.05) is 37.4 Å². The summed E-state index contributed by atoms with van der Waals surface area (Å²) in [4.78, 5) is 27.4. The quantitative estimate of drug-likeness (QED) is 0.847. The van der Waals surface area contributed by atoms with Gasteiger partial charge in [0.15, 0.2) is 0 Å². The highest BCUT2D eigenvalue weighted by molar-refractivity contribution is 7.99. The van der Waals surface area contributed by atoms with Crippen molar-refractivity contribution in [2.75, 3.05) is 11.6 Å². The first-order valence-corrected chi connectivity index (χ1v) is 9.02. The first kappa shape index (κ1) is 16.1. The van der Waals surface area contributed by atoms with Crippen LogP contribution in [0.5, 0.6) is 0 Å². The highest BCUT2D eigenvalue weighted by Crippen LogP contribution is 2.23. The molecule has 2 rings (SSSR count). The fourth-order valence-electron chi connectivity index (χ4n) is 2.19. The zero-order chi connectivity index (χ0) is 15.2. The summed E-state index contributed by atoms with van der Waals surface area (Å²) < 4.78 is 0. The van der Waals surface area contributed by atoms with Crippen LogP contribution in [-0.2, 0) is 16.1 Å². The number of rotatable bonds is 5. The van der Waals surface area contributed by atoms with E-state index in [4.69, 9.17) is 0 Å². The number of nitrogens with one attached hydrogen (secondary N) is 1.